The monoisotopic (exact) mass is 409 g/mol. The smallest absolute Gasteiger partial charge is 0.272 e. The average Bonchev–Trinajstić information content (AvgIpc) is 3.20. The van der Waals surface area contributed by atoms with E-state index in [2.05, 4.69) is 15.6 Å². The molecule has 27 heavy (non-hydrogen) atoms. The fourth-order valence-corrected chi connectivity index (χ4v) is 4.53. The van der Waals surface area contributed by atoms with Crippen LogP contribution < -0.4 is 15.6 Å². The summed E-state index contributed by atoms with van der Waals surface area (Å²) in [4.78, 5) is 15.2. The minimum Gasteiger partial charge on any atom is -0.322 e. The molecule has 0 bridgehead atoms. The Balaban J connectivity index is 1.58. The van der Waals surface area contributed by atoms with Crippen molar-refractivity contribution >= 4 is 39.0 Å². The van der Waals surface area contributed by atoms with E-state index in [4.69, 9.17) is 11.6 Å². The molecule has 0 radical (unpaired) electrons. The number of sulfonamides is 1. The molecule has 0 aliphatic carbocycles. The molecular weight excluding hydrogens is 388 g/mol. The summed E-state index contributed by atoms with van der Waals surface area (Å²) in [5, 5.41) is 6.32. The Morgan fingerprint density at radius 1 is 1.22 bits per heavy atom. The number of rotatable bonds is 6. The summed E-state index contributed by atoms with van der Waals surface area (Å²) < 4.78 is 26.5. The first-order chi connectivity index (χ1) is 12.9. The number of pyridine rings is 1. The maximum absolute atomic E-state index is 12.5. The molecule has 1 saturated heterocycles. The number of carbonyl (C=O) groups is 1. The van der Waals surface area contributed by atoms with E-state index in [1.54, 1.807) is 24.3 Å². The second-order valence-corrected chi connectivity index (χ2v) is 8.71. The first-order valence-electron chi connectivity index (χ1n) is 8.68. The first kappa shape index (κ1) is 19.6. The fourth-order valence-electron chi connectivity index (χ4n) is 2.87. The van der Waals surface area contributed by atoms with Crippen LogP contribution in [-0.4, -0.2) is 38.3 Å². The van der Waals surface area contributed by atoms with Crippen LogP contribution in [0.4, 0.5) is 11.5 Å². The third-order valence-electron chi connectivity index (χ3n) is 4.47. The van der Waals surface area contributed by atoms with Crippen LogP contribution in [0.15, 0.2) is 41.4 Å². The van der Waals surface area contributed by atoms with Crippen molar-refractivity contribution in [3.05, 3.63) is 47.1 Å². The van der Waals surface area contributed by atoms with E-state index in [9.17, 15) is 13.2 Å². The van der Waals surface area contributed by atoms with Crippen molar-refractivity contribution in [3.63, 3.8) is 0 Å². The van der Waals surface area contributed by atoms with Crippen LogP contribution in [0.1, 0.15) is 18.4 Å². The molecular formula is C18H22ClN4O3S+. The molecule has 2 aromatic rings. The molecule has 1 amide bonds. The van der Waals surface area contributed by atoms with Gasteiger partial charge < -0.3 is 5.32 Å². The number of aromatic amines is 1. The Morgan fingerprint density at radius 2 is 1.96 bits per heavy atom. The van der Waals surface area contributed by atoms with Crippen LogP contribution in [-0.2, 0) is 14.8 Å². The molecule has 1 aromatic heterocycles. The quantitative estimate of drug-likeness (QED) is 0.765. The highest BCUT2D eigenvalue weighted by Crippen LogP contribution is 2.23. The Morgan fingerprint density at radius 3 is 2.63 bits per heavy atom. The van der Waals surface area contributed by atoms with Crippen LogP contribution in [0.25, 0.3) is 0 Å². The van der Waals surface area contributed by atoms with Crippen LogP contribution in [0.2, 0.25) is 5.02 Å². The van der Waals surface area contributed by atoms with E-state index in [0.29, 0.717) is 29.6 Å². The summed E-state index contributed by atoms with van der Waals surface area (Å²) >= 11 is 6.04. The van der Waals surface area contributed by atoms with Gasteiger partial charge >= 0.3 is 0 Å². The lowest BCUT2D eigenvalue weighted by molar-refractivity contribution is -0.364. The third-order valence-corrected chi connectivity index (χ3v) is 6.77. The molecule has 0 unspecified atom stereocenters. The summed E-state index contributed by atoms with van der Waals surface area (Å²) in [7, 11) is -3.45. The van der Waals surface area contributed by atoms with Crippen LogP contribution in [0, 0.1) is 6.92 Å². The zero-order valence-corrected chi connectivity index (χ0v) is 16.5. The second kappa shape index (κ2) is 8.24. The number of hydrogen-bond donors (Lipinski definition) is 2. The molecule has 0 atom stereocenters. The van der Waals surface area contributed by atoms with E-state index in [0.717, 1.165) is 18.4 Å². The van der Waals surface area contributed by atoms with E-state index in [-0.39, 0.29) is 17.3 Å². The van der Waals surface area contributed by atoms with Crippen molar-refractivity contribution in [2.24, 2.45) is 0 Å². The lowest BCUT2D eigenvalue weighted by atomic mass is 10.2. The van der Waals surface area contributed by atoms with E-state index < -0.39 is 10.0 Å². The number of H-pyrrole nitrogens is 1. The van der Waals surface area contributed by atoms with Gasteiger partial charge in [-0.2, -0.15) is 4.31 Å². The lowest BCUT2D eigenvalue weighted by Gasteiger charge is -2.14. The van der Waals surface area contributed by atoms with Gasteiger partial charge in [0.05, 0.1) is 0 Å². The summed E-state index contributed by atoms with van der Waals surface area (Å²) in [6, 6.07) is 8.46. The number of halogens is 1. The van der Waals surface area contributed by atoms with Gasteiger partial charge in [0, 0.05) is 29.9 Å². The average molecular weight is 410 g/mol. The van der Waals surface area contributed by atoms with Crippen molar-refractivity contribution in [1.82, 2.24) is 4.31 Å². The summed E-state index contributed by atoms with van der Waals surface area (Å²) in [5.41, 5.74) is 1.46. The zero-order chi connectivity index (χ0) is 19.4. The van der Waals surface area contributed by atoms with Gasteiger partial charge in [-0.15, -0.1) is 0 Å². The van der Waals surface area contributed by atoms with E-state index in [1.807, 2.05) is 6.92 Å². The highest BCUT2D eigenvalue weighted by atomic mass is 35.5. The van der Waals surface area contributed by atoms with Gasteiger partial charge in [0.15, 0.2) is 6.54 Å². The number of nitrogens with one attached hydrogen (secondary N) is 3. The molecule has 0 saturated carbocycles. The highest BCUT2D eigenvalue weighted by molar-refractivity contribution is 7.89. The number of aromatic nitrogens is 1. The summed E-state index contributed by atoms with van der Waals surface area (Å²) in [5.74, 6) is 0.316. The van der Waals surface area contributed by atoms with Crippen molar-refractivity contribution in [1.29, 1.82) is 0 Å². The second-order valence-electron chi connectivity index (χ2n) is 6.36. The standard InChI is InChI=1S/C18H21ClN4O3S/c1-13-15(19)5-4-6-16(13)22-18(24)12-21-17-8-7-14(11-20-17)27(25,26)23-9-2-3-10-23/h4-8,11H,2-3,9-10,12H2,1H3,(H,20,21)(H,22,24)/p+1. The van der Waals surface area contributed by atoms with E-state index >= 15 is 0 Å². The number of anilines is 2. The number of hydrogen-bond acceptors (Lipinski definition) is 4. The van der Waals surface area contributed by atoms with Gasteiger partial charge in [0.1, 0.15) is 11.1 Å². The Bertz CT molecular complexity index is 926. The molecule has 9 heteroatoms. The molecule has 1 fully saturated rings. The van der Waals surface area contributed by atoms with E-state index in [1.165, 1.54) is 16.6 Å². The third kappa shape index (κ3) is 4.58. The summed E-state index contributed by atoms with van der Waals surface area (Å²) in [6.07, 6.45) is 3.22. The number of carbonyl (C=O) groups excluding carboxylic acids is 1. The molecule has 1 aliphatic heterocycles. The van der Waals surface area contributed by atoms with Gasteiger partial charge in [-0.1, -0.05) is 17.7 Å². The maximum atomic E-state index is 12.5. The molecule has 0 spiro atoms. The molecule has 1 aliphatic rings. The fraction of sp³-hybridized carbons (Fsp3) is 0.333. The minimum absolute atomic E-state index is 0.0284. The number of nitrogens with zero attached hydrogens (tertiary/aromatic N) is 1. The van der Waals surface area contributed by atoms with Gasteiger partial charge in [0.2, 0.25) is 10.0 Å². The molecule has 1 aromatic carbocycles. The predicted octanol–water partition coefficient (Wildman–Crippen LogP) is 2.30. The molecule has 2 heterocycles. The van der Waals surface area contributed by atoms with Crippen LogP contribution in [0.3, 0.4) is 0 Å². The molecule has 144 valence electrons. The largest absolute Gasteiger partial charge is 0.322 e. The Labute approximate surface area is 163 Å². The topological polar surface area (TPSA) is 92.7 Å². The van der Waals surface area contributed by atoms with Crippen molar-refractivity contribution < 1.29 is 18.2 Å². The van der Waals surface area contributed by atoms with Crippen LogP contribution >= 0.6 is 11.6 Å². The molecule has 3 N–H and O–H groups in total. The van der Waals surface area contributed by atoms with Gasteiger partial charge in [-0.3, -0.25) is 10.1 Å². The van der Waals surface area contributed by atoms with Gasteiger partial charge in [0.25, 0.3) is 11.7 Å². The van der Waals surface area contributed by atoms with Gasteiger partial charge in [-0.05, 0) is 43.5 Å². The lowest BCUT2D eigenvalue weighted by Crippen LogP contribution is -2.29. The predicted molar refractivity (Wildman–Crippen MR) is 104 cm³/mol. The molecule has 7 nitrogen and oxygen atoms in total. The SMILES string of the molecule is Cc1c(Cl)cccc1NC(=O)CNc1ccc(S(=O)(=O)N2CCCC2)c[nH+]1. The minimum atomic E-state index is -3.45. The van der Waals surface area contributed by atoms with Crippen molar-refractivity contribution in [2.75, 3.05) is 30.3 Å². The number of amides is 1. The Hall–Kier alpha value is -2.16. The maximum Gasteiger partial charge on any atom is 0.272 e. The van der Waals surface area contributed by atoms with Gasteiger partial charge in [-0.25, -0.2) is 13.4 Å². The number of benzene rings is 1. The first-order valence-corrected chi connectivity index (χ1v) is 10.5. The van der Waals surface area contributed by atoms with Crippen molar-refractivity contribution in [3.8, 4) is 0 Å². The summed E-state index contributed by atoms with van der Waals surface area (Å²) in [6.45, 7) is 2.98. The highest BCUT2D eigenvalue weighted by Gasteiger charge is 2.28. The normalized spacial score (nSPS) is 14.9. The van der Waals surface area contributed by atoms with Crippen LogP contribution in [0.5, 0.6) is 0 Å². The molecule has 3 rings (SSSR count). The van der Waals surface area contributed by atoms with Crippen molar-refractivity contribution in [2.45, 2.75) is 24.7 Å². The zero-order valence-electron chi connectivity index (χ0n) is 15.0. The Kier molecular flexibility index (Phi) is 5.98.